The summed E-state index contributed by atoms with van der Waals surface area (Å²) in [5.41, 5.74) is 1.46. The highest BCUT2D eigenvalue weighted by atomic mass is 19.1. The largest absolute Gasteiger partial charge is 0.336 e. The third-order valence-corrected chi connectivity index (χ3v) is 5.65. The van der Waals surface area contributed by atoms with Crippen molar-refractivity contribution in [1.82, 2.24) is 30.0 Å². The number of hydrogen-bond acceptors (Lipinski definition) is 5. The van der Waals surface area contributed by atoms with Gasteiger partial charge in [0.25, 0.3) is 5.91 Å². The Morgan fingerprint density at radius 2 is 1.65 bits per heavy atom. The predicted molar refractivity (Wildman–Crippen MR) is 114 cm³/mol. The summed E-state index contributed by atoms with van der Waals surface area (Å²) in [7, 11) is 0. The standard InChI is InChI=1S/C23H21FN6O/c24-18-8-10-19(11-9-18)30-22(25-26-27-30)16-28-12-14-29(15-13-28)23(31)21-7-3-5-17-4-1-2-6-20(17)21/h1-11H,12-16H2. The lowest BCUT2D eigenvalue weighted by molar-refractivity contribution is 0.0626. The molecule has 1 aromatic heterocycles. The molecule has 0 bridgehead atoms. The zero-order valence-corrected chi connectivity index (χ0v) is 16.9. The number of amides is 1. The minimum absolute atomic E-state index is 0.0626. The summed E-state index contributed by atoms with van der Waals surface area (Å²) in [5.74, 6) is 0.443. The SMILES string of the molecule is O=C(c1cccc2ccccc12)N1CCN(Cc2nnnn2-c2ccc(F)cc2)CC1. The van der Waals surface area contributed by atoms with Crippen LogP contribution < -0.4 is 0 Å². The molecule has 1 saturated heterocycles. The van der Waals surface area contributed by atoms with Crippen molar-refractivity contribution >= 4 is 16.7 Å². The Labute approximate surface area is 178 Å². The molecule has 0 spiro atoms. The van der Waals surface area contributed by atoms with Crippen LogP contribution in [0.25, 0.3) is 16.5 Å². The van der Waals surface area contributed by atoms with Crippen LogP contribution in [0.5, 0.6) is 0 Å². The van der Waals surface area contributed by atoms with E-state index in [1.807, 2.05) is 47.4 Å². The summed E-state index contributed by atoms with van der Waals surface area (Å²) in [6.07, 6.45) is 0. The Hall–Kier alpha value is -3.65. The molecule has 8 heteroatoms. The van der Waals surface area contributed by atoms with Crippen LogP contribution in [-0.4, -0.2) is 62.1 Å². The van der Waals surface area contributed by atoms with Crippen molar-refractivity contribution in [2.24, 2.45) is 0 Å². The molecule has 1 fully saturated rings. The summed E-state index contributed by atoms with van der Waals surface area (Å²) in [6, 6.07) is 19.9. The van der Waals surface area contributed by atoms with Gasteiger partial charge in [0.15, 0.2) is 5.82 Å². The number of carbonyl (C=O) groups is 1. The van der Waals surface area contributed by atoms with E-state index in [9.17, 15) is 9.18 Å². The van der Waals surface area contributed by atoms with Crippen LogP contribution in [0.3, 0.4) is 0 Å². The maximum Gasteiger partial charge on any atom is 0.254 e. The monoisotopic (exact) mass is 416 g/mol. The van der Waals surface area contributed by atoms with Crippen molar-refractivity contribution in [3.8, 4) is 5.69 Å². The van der Waals surface area contributed by atoms with Gasteiger partial charge < -0.3 is 4.90 Å². The van der Waals surface area contributed by atoms with Gasteiger partial charge in [-0.05, 0) is 51.5 Å². The minimum Gasteiger partial charge on any atom is -0.336 e. The molecular weight excluding hydrogens is 395 g/mol. The number of carbonyl (C=O) groups excluding carboxylic acids is 1. The second kappa shape index (κ2) is 8.23. The summed E-state index contributed by atoms with van der Waals surface area (Å²) >= 11 is 0. The van der Waals surface area contributed by atoms with Crippen LogP contribution in [0.15, 0.2) is 66.7 Å². The molecule has 0 saturated carbocycles. The fraction of sp³-hybridized carbons (Fsp3) is 0.217. The maximum atomic E-state index is 13.2. The number of rotatable bonds is 4. The molecule has 3 aromatic carbocycles. The van der Waals surface area contributed by atoms with Crippen LogP contribution in [0, 0.1) is 5.82 Å². The summed E-state index contributed by atoms with van der Waals surface area (Å²) in [4.78, 5) is 17.3. The molecule has 156 valence electrons. The van der Waals surface area contributed by atoms with Crippen LogP contribution >= 0.6 is 0 Å². The Morgan fingerprint density at radius 3 is 2.45 bits per heavy atom. The molecule has 0 unspecified atom stereocenters. The van der Waals surface area contributed by atoms with Crippen molar-refractivity contribution in [3.05, 3.63) is 83.9 Å². The van der Waals surface area contributed by atoms with Gasteiger partial charge in [-0.25, -0.2) is 4.39 Å². The zero-order valence-electron chi connectivity index (χ0n) is 16.9. The Balaban J connectivity index is 1.26. The smallest absolute Gasteiger partial charge is 0.254 e. The highest BCUT2D eigenvalue weighted by Crippen LogP contribution is 2.21. The lowest BCUT2D eigenvalue weighted by Crippen LogP contribution is -2.48. The first-order valence-electron chi connectivity index (χ1n) is 10.2. The van der Waals surface area contributed by atoms with Crippen molar-refractivity contribution in [2.45, 2.75) is 6.54 Å². The van der Waals surface area contributed by atoms with Crippen molar-refractivity contribution in [1.29, 1.82) is 0 Å². The van der Waals surface area contributed by atoms with Crippen LogP contribution in [0.4, 0.5) is 4.39 Å². The maximum absolute atomic E-state index is 13.2. The van der Waals surface area contributed by atoms with Gasteiger partial charge in [0, 0.05) is 31.7 Å². The van der Waals surface area contributed by atoms with Gasteiger partial charge in [-0.2, -0.15) is 4.68 Å². The molecule has 7 nitrogen and oxygen atoms in total. The topological polar surface area (TPSA) is 67.2 Å². The van der Waals surface area contributed by atoms with Gasteiger partial charge in [0.1, 0.15) is 5.82 Å². The third-order valence-electron chi connectivity index (χ3n) is 5.65. The molecule has 0 atom stereocenters. The summed E-state index contributed by atoms with van der Waals surface area (Å²) < 4.78 is 14.8. The molecule has 1 aliphatic heterocycles. The van der Waals surface area contributed by atoms with E-state index < -0.39 is 0 Å². The number of hydrogen-bond donors (Lipinski definition) is 0. The number of tetrazole rings is 1. The van der Waals surface area contributed by atoms with E-state index in [2.05, 4.69) is 20.4 Å². The van der Waals surface area contributed by atoms with E-state index in [1.165, 1.54) is 12.1 Å². The molecule has 5 rings (SSSR count). The van der Waals surface area contributed by atoms with Gasteiger partial charge in [0.2, 0.25) is 0 Å². The zero-order chi connectivity index (χ0) is 21.2. The fourth-order valence-electron chi connectivity index (χ4n) is 3.98. The van der Waals surface area contributed by atoms with E-state index >= 15 is 0 Å². The van der Waals surface area contributed by atoms with Gasteiger partial charge in [0.05, 0.1) is 12.2 Å². The number of benzene rings is 3. The molecule has 1 aliphatic rings. The van der Waals surface area contributed by atoms with Crippen molar-refractivity contribution in [3.63, 3.8) is 0 Å². The molecule has 2 heterocycles. The average molecular weight is 416 g/mol. The summed E-state index contributed by atoms with van der Waals surface area (Å²) in [6.45, 7) is 3.29. The normalized spacial score (nSPS) is 14.8. The second-order valence-electron chi connectivity index (χ2n) is 7.58. The average Bonchev–Trinajstić information content (AvgIpc) is 3.27. The predicted octanol–water partition coefficient (Wildman–Crippen LogP) is 2.91. The Bertz CT molecular complexity index is 1210. The third kappa shape index (κ3) is 3.89. The molecule has 31 heavy (non-hydrogen) atoms. The number of nitrogens with zero attached hydrogens (tertiary/aromatic N) is 6. The number of piperazine rings is 1. The van der Waals surface area contributed by atoms with Gasteiger partial charge >= 0.3 is 0 Å². The first-order chi connectivity index (χ1) is 15.2. The second-order valence-corrected chi connectivity index (χ2v) is 7.58. The lowest BCUT2D eigenvalue weighted by atomic mass is 10.0. The van der Waals surface area contributed by atoms with Crippen molar-refractivity contribution < 1.29 is 9.18 Å². The van der Waals surface area contributed by atoms with Gasteiger partial charge in [-0.3, -0.25) is 9.69 Å². The van der Waals surface area contributed by atoms with Crippen LogP contribution in [0.2, 0.25) is 0 Å². The molecular formula is C23H21FN6O. The van der Waals surface area contributed by atoms with E-state index in [0.29, 0.717) is 31.1 Å². The molecule has 0 N–H and O–H groups in total. The molecule has 1 amide bonds. The lowest BCUT2D eigenvalue weighted by Gasteiger charge is -2.34. The molecule has 4 aromatic rings. The van der Waals surface area contributed by atoms with Crippen molar-refractivity contribution in [2.75, 3.05) is 26.2 Å². The van der Waals surface area contributed by atoms with Gasteiger partial charge in [-0.15, -0.1) is 5.10 Å². The minimum atomic E-state index is -0.301. The van der Waals surface area contributed by atoms with Gasteiger partial charge in [-0.1, -0.05) is 36.4 Å². The summed E-state index contributed by atoms with van der Waals surface area (Å²) in [5, 5.41) is 14.0. The Morgan fingerprint density at radius 1 is 0.903 bits per heavy atom. The van der Waals surface area contributed by atoms with E-state index in [0.717, 1.165) is 29.4 Å². The first-order valence-corrected chi connectivity index (χ1v) is 10.2. The van der Waals surface area contributed by atoms with Crippen LogP contribution in [-0.2, 0) is 6.54 Å². The number of aromatic nitrogens is 4. The number of halogens is 1. The molecule has 0 aliphatic carbocycles. The van der Waals surface area contributed by atoms with Crippen LogP contribution in [0.1, 0.15) is 16.2 Å². The molecule has 0 radical (unpaired) electrons. The Kier molecular flexibility index (Phi) is 5.13. The first kappa shape index (κ1) is 19.3. The van der Waals surface area contributed by atoms with E-state index in [-0.39, 0.29) is 11.7 Å². The highest BCUT2D eigenvalue weighted by Gasteiger charge is 2.24. The quantitative estimate of drug-likeness (QED) is 0.512. The van der Waals surface area contributed by atoms with E-state index in [4.69, 9.17) is 0 Å². The number of fused-ring (bicyclic) bond motifs is 1. The fourth-order valence-corrected chi connectivity index (χ4v) is 3.98. The van der Waals surface area contributed by atoms with E-state index in [1.54, 1.807) is 16.8 Å². The highest BCUT2D eigenvalue weighted by molar-refractivity contribution is 6.07.